The van der Waals surface area contributed by atoms with Crippen LogP contribution in [0.15, 0.2) is 48.5 Å². The molecule has 1 heterocycles. The van der Waals surface area contributed by atoms with E-state index in [4.69, 9.17) is 0 Å². The molecule has 150 valence electrons. The van der Waals surface area contributed by atoms with Crippen molar-refractivity contribution in [2.45, 2.75) is 63.3 Å². The summed E-state index contributed by atoms with van der Waals surface area (Å²) in [5, 5.41) is 0. The summed E-state index contributed by atoms with van der Waals surface area (Å²) in [7, 11) is 0. The molecule has 3 heteroatoms. The average molecular weight is 388 g/mol. The predicted octanol–water partition coefficient (Wildman–Crippen LogP) is 5.39. The number of carbonyl (C=O) groups excluding carboxylic acids is 2. The molecular weight excluding hydrogens is 358 g/mol. The highest BCUT2D eigenvalue weighted by Gasteiger charge is 2.42. The van der Waals surface area contributed by atoms with Gasteiger partial charge in [0, 0.05) is 30.1 Å². The van der Waals surface area contributed by atoms with E-state index >= 15 is 0 Å². The Bertz CT molecular complexity index is 920. The number of piperidine rings is 1. The molecule has 1 aliphatic heterocycles. The first kappa shape index (κ1) is 18.6. The summed E-state index contributed by atoms with van der Waals surface area (Å²) in [6.07, 6.45) is 8.28. The molecule has 3 nitrogen and oxygen atoms in total. The topological polar surface area (TPSA) is 37.4 Å². The number of nitrogens with zero attached hydrogens (tertiary/aromatic N) is 1. The molecule has 2 fully saturated rings. The zero-order valence-corrected chi connectivity index (χ0v) is 17.0. The Kier molecular flexibility index (Phi) is 4.99. The molecule has 3 aliphatic rings. The van der Waals surface area contributed by atoms with Crippen molar-refractivity contribution in [3.63, 3.8) is 0 Å². The second-order valence-corrected chi connectivity index (χ2v) is 8.97. The van der Waals surface area contributed by atoms with Crippen LogP contribution in [0, 0.1) is 5.92 Å². The zero-order valence-electron chi connectivity index (χ0n) is 17.0. The first-order valence-corrected chi connectivity index (χ1v) is 11.2. The van der Waals surface area contributed by atoms with Crippen molar-refractivity contribution in [2.75, 3.05) is 6.54 Å². The Morgan fingerprint density at radius 2 is 1.72 bits per heavy atom. The van der Waals surface area contributed by atoms with Crippen LogP contribution in [0.25, 0.3) is 0 Å². The Morgan fingerprint density at radius 3 is 2.59 bits per heavy atom. The summed E-state index contributed by atoms with van der Waals surface area (Å²) >= 11 is 0. The molecule has 0 spiro atoms. The Morgan fingerprint density at radius 1 is 0.897 bits per heavy atom. The Balaban J connectivity index is 1.42. The molecule has 5 rings (SSSR count). The van der Waals surface area contributed by atoms with Crippen LogP contribution in [0.5, 0.6) is 0 Å². The van der Waals surface area contributed by atoms with Crippen LogP contribution >= 0.6 is 0 Å². The quantitative estimate of drug-likeness (QED) is 0.692. The highest BCUT2D eigenvalue weighted by atomic mass is 16.2. The monoisotopic (exact) mass is 387 g/mol. The fourth-order valence-corrected chi connectivity index (χ4v) is 5.95. The van der Waals surface area contributed by atoms with E-state index in [9.17, 15) is 9.59 Å². The van der Waals surface area contributed by atoms with Crippen molar-refractivity contribution in [3.8, 4) is 0 Å². The number of ketones is 1. The summed E-state index contributed by atoms with van der Waals surface area (Å²) in [5.74, 6) is 1.41. The van der Waals surface area contributed by atoms with Gasteiger partial charge in [-0.15, -0.1) is 0 Å². The molecule has 2 aromatic rings. The minimum atomic E-state index is 0.120. The maximum Gasteiger partial charge on any atom is 0.254 e. The van der Waals surface area contributed by atoms with Gasteiger partial charge >= 0.3 is 0 Å². The van der Waals surface area contributed by atoms with E-state index in [1.165, 1.54) is 24.8 Å². The molecule has 0 unspecified atom stereocenters. The van der Waals surface area contributed by atoms with Crippen molar-refractivity contribution >= 4 is 11.7 Å². The van der Waals surface area contributed by atoms with Crippen molar-refractivity contribution in [3.05, 3.63) is 70.8 Å². The minimum absolute atomic E-state index is 0.120. The SMILES string of the molecule is O=C1CCCc2ccc(C(=O)N3CC[C@@H](c4ccccc4)[C@@H]4CCCC[C@@H]43)cc21. The molecule has 0 aromatic heterocycles. The molecule has 0 N–H and O–H groups in total. The molecule has 2 aromatic carbocycles. The lowest BCUT2D eigenvalue weighted by Crippen LogP contribution is -2.52. The van der Waals surface area contributed by atoms with E-state index < -0.39 is 0 Å². The lowest BCUT2D eigenvalue weighted by molar-refractivity contribution is 0.0319. The molecule has 1 amide bonds. The van der Waals surface area contributed by atoms with Gasteiger partial charge in [0.2, 0.25) is 0 Å². The highest BCUT2D eigenvalue weighted by molar-refractivity contribution is 6.02. The number of likely N-dealkylation sites (tertiary alicyclic amines) is 1. The van der Waals surface area contributed by atoms with Gasteiger partial charge in [0.1, 0.15) is 0 Å². The van der Waals surface area contributed by atoms with Crippen LogP contribution in [0.2, 0.25) is 0 Å². The van der Waals surface area contributed by atoms with Crippen LogP contribution < -0.4 is 0 Å². The molecule has 2 aliphatic carbocycles. The lowest BCUT2D eigenvalue weighted by atomic mass is 9.69. The molecule has 1 saturated carbocycles. The number of rotatable bonds is 2. The number of aryl methyl sites for hydroxylation is 1. The average Bonchev–Trinajstić information content (AvgIpc) is 2.78. The molecular formula is C26H29NO2. The normalized spacial score (nSPS) is 26.6. The molecule has 29 heavy (non-hydrogen) atoms. The maximum atomic E-state index is 13.5. The fraction of sp³-hybridized carbons (Fsp3) is 0.462. The van der Waals surface area contributed by atoms with Gasteiger partial charge < -0.3 is 4.90 Å². The van der Waals surface area contributed by atoms with Crippen LogP contribution in [0.3, 0.4) is 0 Å². The molecule has 3 atom stereocenters. The number of hydrogen-bond acceptors (Lipinski definition) is 2. The highest BCUT2D eigenvalue weighted by Crippen LogP contribution is 2.44. The van der Waals surface area contributed by atoms with E-state index in [2.05, 4.69) is 35.2 Å². The van der Waals surface area contributed by atoms with E-state index in [0.29, 0.717) is 29.9 Å². The molecule has 0 radical (unpaired) electrons. The summed E-state index contributed by atoms with van der Waals surface area (Å²) in [4.78, 5) is 28.0. The summed E-state index contributed by atoms with van der Waals surface area (Å²) in [6.45, 7) is 0.810. The van der Waals surface area contributed by atoms with Crippen LogP contribution in [-0.2, 0) is 6.42 Å². The van der Waals surface area contributed by atoms with Gasteiger partial charge in [0.15, 0.2) is 5.78 Å². The first-order chi connectivity index (χ1) is 14.2. The van der Waals surface area contributed by atoms with E-state index in [1.54, 1.807) is 0 Å². The van der Waals surface area contributed by atoms with Crippen LogP contribution in [0.4, 0.5) is 0 Å². The standard InChI is InChI=1S/C26H29NO2/c28-25-12-6-9-19-13-14-20(17-23(19)25)26(29)27-16-15-21(18-7-2-1-3-8-18)22-10-4-5-11-24(22)27/h1-3,7-8,13-14,17,21-22,24H,4-6,9-12,15-16H2/t21-,22-,24-/m0/s1. The van der Waals surface area contributed by atoms with Crippen LogP contribution in [0.1, 0.15) is 82.7 Å². The van der Waals surface area contributed by atoms with Crippen molar-refractivity contribution in [1.82, 2.24) is 4.90 Å². The second kappa shape index (κ2) is 7.78. The van der Waals surface area contributed by atoms with E-state index in [-0.39, 0.29) is 11.7 Å². The van der Waals surface area contributed by atoms with Crippen molar-refractivity contribution in [1.29, 1.82) is 0 Å². The third kappa shape index (κ3) is 3.41. The third-order valence-corrected chi connectivity index (χ3v) is 7.38. The van der Waals surface area contributed by atoms with Gasteiger partial charge in [0.05, 0.1) is 0 Å². The summed E-state index contributed by atoms with van der Waals surface area (Å²) in [5.41, 5.74) is 4.01. The van der Waals surface area contributed by atoms with Gasteiger partial charge in [-0.25, -0.2) is 0 Å². The van der Waals surface area contributed by atoms with Crippen molar-refractivity contribution in [2.24, 2.45) is 5.92 Å². The summed E-state index contributed by atoms with van der Waals surface area (Å²) < 4.78 is 0. The minimum Gasteiger partial charge on any atom is -0.335 e. The molecule has 1 saturated heterocycles. The van der Waals surface area contributed by atoms with Gasteiger partial charge in [-0.1, -0.05) is 49.2 Å². The number of hydrogen-bond donors (Lipinski definition) is 0. The second-order valence-electron chi connectivity index (χ2n) is 8.97. The van der Waals surface area contributed by atoms with Gasteiger partial charge in [0.25, 0.3) is 5.91 Å². The number of carbonyl (C=O) groups is 2. The first-order valence-electron chi connectivity index (χ1n) is 11.2. The van der Waals surface area contributed by atoms with Gasteiger partial charge in [-0.3, -0.25) is 9.59 Å². The van der Waals surface area contributed by atoms with Gasteiger partial charge in [-0.05, 0) is 67.2 Å². The summed E-state index contributed by atoms with van der Waals surface area (Å²) in [6, 6.07) is 17.0. The third-order valence-electron chi connectivity index (χ3n) is 7.38. The predicted molar refractivity (Wildman–Crippen MR) is 114 cm³/mol. The van der Waals surface area contributed by atoms with E-state index in [1.807, 2.05) is 18.2 Å². The zero-order chi connectivity index (χ0) is 19.8. The lowest BCUT2D eigenvalue weighted by Gasteiger charge is -2.48. The number of Topliss-reactive ketones (excluding diaryl/α,β-unsaturated/α-hetero) is 1. The fourth-order valence-electron chi connectivity index (χ4n) is 5.95. The Labute approximate surface area is 173 Å². The van der Waals surface area contributed by atoms with Crippen molar-refractivity contribution < 1.29 is 9.59 Å². The molecule has 0 bridgehead atoms. The van der Waals surface area contributed by atoms with Crippen LogP contribution in [-0.4, -0.2) is 29.2 Å². The smallest absolute Gasteiger partial charge is 0.254 e. The largest absolute Gasteiger partial charge is 0.335 e. The van der Waals surface area contributed by atoms with Gasteiger partial charge in [-0.2, -0.15) is 0 Å². The number of benzene rings is 2. The number of fused-ring (bicyclic) bond motifs is 2. The number of amides is 1. The van der Waals surface area contributed by atoms with E-state index in [0.717, 1.165) is 43.4 Å². The maximum absolute atomic E-state index is 13.5. The Hall–Kier alpha value is -2.42.